The lowest BCUT2D eigenvalue weighted by Gasteiger charge is -2.19. The minimum atomic E-state index is -4.02. The van der Waals surface area contributed by atoms with E-state index in [0.29, 0.717) is 5.56 Å². The zero-order valence-electron chi connectivity index (χ0n) is 13.9. The topological polar surface area (TPSA) is 68.3 Å². The maximum atomic E-state index is 12.7. The van der Waals surface area contributed by atoms with Crippen molar-refractivity contribution >= 4 is 29.6 Å². The molecule has 0 radical (unpaired) electrons. The van der Waals surface area contributed by atoms with Gasteiger partial charge in [0.1, 0.15) is 0 Å². The number of benzene rings is 2. The van der Waals surface area contributed by atoms with E-state index in [2.05, 4.69) is 0 Å². The Labute approximate surface area is 147 Å². The molecular formula is C17H19ClO4S2. The Kier molecular flexibility index (Phi) is 4.87. The second-order valence-electron chi connectivity index (χ2n) is 6.64. The van der Waals surface area contributed by atoms with Gasteiger partial charge in [-0.2, -0.15) is 0 Å². The van der Waals surface area contributed by atoms with E-state index in [1.54, 1.807) is 19.1 Å². The van der Waals surface area contributed by atoms with Gasteiger partial charge in [-0.3, -0.25) is 0 Å². The monoisotopic (exact) mass is 386 g/mol. The molecule has 2 rings (SSSR count). The van der Waals surface area contributed by atoms with Crippen LogP contribution in [0.3, 0.4) is 0 Å². The summed E-state index contributed by atoms with van der Waals surface area (Å²) in [7, 11) is -2.46. The molecule has 0 bridgehead atoms. The summed E-state index contributed by atoms with van der Waals surface area (Å²) in [6, 6.07) is 10.5. The van der Waals surface area contributed by atoms with Gasteiger partial charge in [0.05, 0.1) is 14.7 Å². The van der Waals surface area contributed by atoms with Crippen LogP contribution in [0.15, 0.2) is 57.2 Å². The normalized spacial score (nSPS) is 13.0. The summed E-state index contributed by atoms with van der Waals surface area (Å²) < 4.78 is 48.7. The van der Waals surface area contributed by atoms with Crippen LogP contribution in [0.5, 0.6) is 0 Å². The van der Waals surface area contributed by atoms with Gasteiger partial charge in [0.15, 0.2) is 0 Å². The van der Waals surface area contributed by atoms with E-state index in [4.69, 9.17) is 10.7 Å². The number of aryl methyl sites for hydroxylation is 1. The van der Waals surface area contributed by atoms with Crippen molar-refractivity contribution in [2.75, 3.05) is 0 Å². The van der Waals surface area contributed by atoms with Crippen molar-refractivity contribution in [2.24, 2.45) is 0 Å². The van der Waals surface area contributed by atoms with Crippen LogP contribution < -0.4 is 0 Å². The fourth-order valence-corrected chi connectivity index (χ4v) is 4.86. The molecule has 0 atom stereocenters. The molecule has 0 aliphatic heterocycles. The lowest BCUT2D eigenvalue weighted by molar-refractivity contribution is 0.586. The Morgan fingerprint density at radius 3 is 1.79 bits per heavy atom. The molecule has 2 aromatic carbocycles. The van der Waals surface area contributed by atoms with E-state index in [1.807, 2.05) is 20.8 Å². The summed E-state index contributed by atoms with van der Waals surface area (Å²) in [5.74, 6) is 0. The minimum absolute atomic E-state index is 0.0912. The summed E-state index contributed by atoms with van der Waals surface area (Å²) in [4.78, 5) is -0.190. The van der Waals surface area contributed by atoms with Gasteiger partial charge in [-0.05, 0) is 47.7 Å². The molecule has 130 valence electrons. The third-order valence-corrected chi connectivity index (χ3v) is 6.99. The van der Waals surface area contributed by atoms with Crippen molar-refractivity contribution in [2.45, 2.75) is 47.8 Å². The molecule has 0 saturated heterocycles. The molecule has 0 aliphatic rings. The molecule has 0 spiro atoms. The largest absolute Gasteiger partial charge is 0.261 e. The highest BCUT2D eigenvalue weighted by molar-refractivity contribution is 8.13. The maximum absolute atomic E-state index is 12.7. The van der Waals surface area contributed by atoms with Crippen molar-refractivity contribution < 1.29 is 16.8 Å². The molecule has 0 saturated carbocycles. The highest BCUT2D eigenvalue weighted by Gasteiger charge is 2.23. The maximum Gasteiger partial charge on any atom is 0.261 e. The fourth-order valence-electron chi connectivity index (χ4n) is 2.28. The summed E-state index contributed by atoms with van der Waals surface area (Å²) in [6.07, 6.45) is 0. The van der Waals surface area contributed by atoms with Crippen LogP contribution in [0.25, 0.3) is 0 Å². The first-order valence-electron chi connectivity index (χ1n) is 7.24. The first-order valence-corrected chi connectivity index (χ1v) is 11.0. The second kappa shape index (κ2) is 6.17. The molecule has 0 fully saturated rings. The summed E-state index contributed by atoms with van der Waals surface area (Å²) in [6.45, 7) is 7.67. The Morgan fingerprint density at radius 1 is 0.833 bits per heavy atom. The van der Waals surface area contributed by atoms with Gasteiger partial charge < -0.3 is 0 Å². The highest BCUT2D eigenvalue weighted by Crippen LogP contribution is 2.29. The lowest BCUT2D eigenvalue weighted by atomic mass is 9.87. The zero-order valence-corrected chi connectivity index (χ0v) is 16.3. The van der Waals surface area contributed by atoms with E-state index in [1.165, 1.54) is 24.3 Å². The average Bonchev–Trinajstić information content (AvgIpc) is 2.45. The number of rotatable bonds is 3. The molecule has 0 heterocycles. The van der Waals surface area contributed by atoms with Crippen LogP contribution in [0.4, 0.5) is 0 Å². The predicted octanol–water partition coefficient (Wildman–Crippen LogP) is 4.05. The molecule has 2 aromatic rings. The van der Waals surface area contributed by atoms with Crippen LogP contribution in [-0.2, 0) is 24.3 Å². The van der Waals surface area contributed by atoms with Crippen molar-refractivity contribution in [1.82, 2.24) is 0 Å². The van der Waals surface area contributed by atoms with E-state index >= 15 is 0 Å². The first kappa shape index (κ1) is 19.0. The Morgan fingerprint density at radius 2 is 1.33 bits per heavy atom. The molecule has 0 amide bonds. The number of halogens is 1. The predicted molar refractivity (Wildman–Crippen MR) is 94.8 cm³/mol. The molecule has 0 N–H and O–H groups in total. The van der Waals surface area contributed by atoms with Crippen molar-refractivity contribution in [3.8, 4) is 0 Å². The van der Waals surface area contributed by atoms with Crippen molar-refractivity contribution in [3.05, 3.63) is 53.6 Å². The molecule has 4 nitrogen and oxygen atoms in total. The third kappa shape index (κ3) is 3.82. The van der Waals surface area contributed by atoms with Gasteiger partial charge in [0, 0.05) is 10.7 Å². The van der Waals surface area contributed by atoms with Crippen LogP contribution >= 0.6 is 10.7 Å². The Hall–Kier alpha value is -1.37. The molecular weight excluding hydrogens is 368 g/mol. The lowest BCUT2D eigenvalue weighted by Crippen LogP contribution is -2.11. The minimum Gasteiger partial charge on any atom is -0.219 e. The third-order valence-electron chi connectivity index (χ3n) is 3.76. The quantitative estimate of drug-likeness (QED) is 0.746. The fraction of sp³-hybridized carbons (Fsp3) is 0.294. The second-order valence-corrected chi connectivity index (χ2v) is 11.1. The highest BCUT2D eigenvalue weighted by atomic mass is 35.7. The van der Waals surface area contributed by atoms with Crippen molar-refractivity contribution in [1.29, 1.82) is 0 Å². The number of hydrogen-bond donors (Lipinski definition) is 0. The number of hydrogen-bond acceptors (Lipinski definition) is 4. The Balaban J connectivity index is 2.56. The van der Waals surface area contributed by atoms with Gasteiger partial charge in [-0.25, -0.2) is 16.8 Å². The average molecular weight is 387 g/mol. The number of sulfone groups is 1. The van der Waals surface area contributed by atoms with Gasteiger partial charge in [0.2, 0.25) is 9.84 Å². The molecule has 0 aliphatic carbocycles. The molecule has 0 aromatic heterocycles. The van der Waals surface area contributed by atoms with E-state index in [0.717, 1.165) is 11.6 Å². The molecule has 7 heteroatoms. The summed E-state index contributed by atoms with van der Waals surface area (Å²) in [5.41, 5.74) is 1.31. The summed E-state index contributed by atoms with van der Waals surface area (Å²) >= 11 is 0. The standard InChI is InChI=1S/C17H19ClO4S2/c1-12-5-8-15(11-16(12)24(18,21)22)23(19,20)14-9-6-13(7-10-14)17(2,3)4/h5-11H,1-4H3. The Bertz CT molecular complexity index is 968. The molecule has 24 heavy (non-hydrogen) atoms. The van der Waals surface area contributed by atoms with E-state index in [9.17, 15) is 16.8 Å². The van der Waals surface area contributed by atoms with Crippen LogP contribution in [0.1, 0.15) is 31.9 Å². The SMILES string of the molecule is Cc1ccc(S(=O)(=O)c2ccc(C(C)(C)C)cc2)cc1S(=O)(=O)Cl. The van der Waals surface area contributed by atoms with Crippen molar-refractivity contribution in [3.63, 3.8) is 0 Å². The molecule has 0 unspecified atom stereocenters. The van der Waals surface area contributed by atoms with Crippen LogP contribution in [0, 0.1) is 6.92 Å². The van der Waals surface area contributed by atoms with E-state index < -0.39 is 18.9 Å². The van der Waals surface area contributed by atoms with Crippen LogP contribution in [-0.4, -0.2) is 16.8 Å². The van der Waals surface area contributed by atoms with Gasteiger partial charge in [-0.15, -0.1) is 0 Å². The van der Waals surface area contributed by atoms with Gasteiger partial charge in [-0.1, -0.05) is 39.0 Å². The van der Waals surface area contributed by atoms with E-state index in [-0.39, 0.29) is 20.1 Å². The van der Waals surface area contributed by atoms with Crippen LogP contribution in [0.2, 0.25) is 0 Å². The van der Waals surface area contributed by atoms with Gasteiger partial charge >= 0.3 is 0 Å². The summed E-state index contributed by atoms with van der Waals surface area (Å²) in [5, 5.41) is 0. The first-order chi connectivity index (χ1) is 10.8. The zero-order chi connectivity index (χ0) is 18.3. The van der Waals surface area contributed by atoms with Gasteiger partial charge in [0.25, 0.3) is 9.05 Å². The smallest absolute Gasteiger partial charge is 0.219 e.